The van der Waals surface area contributed by atoms with Crippen LogP contribution in [0.2, 0.25) is 0 Å². The monoisotopic (exact) mass is 404 g/mol. The van der Waals surface area contributed by atoms with Crippen LogP contribution in [0.4, 0.5) is 0 Å². The maximum Gasteiger partial charge on any atom is 0.257 e. The fourth-order valence-electron chi connectivity index (χ4n) is 3.18. The molecule has 0 aliphatic carbocycles. The van der Waals surface area contributed by atoms with E-state index in [1.165, 1.54) is 6.07 Å². The molecule has 0 radical (unpaired) electrons. The summed E-state index contributed by atoms with van der Waals surface area (Å²) in [7, 11) is -3.69. The van der Waals surface area contributed by atoms with Gasteiger partial charge in [-0.1, -0.05) is 18.2 Å². The van der Waals surface area contributed by atoms with Gasteiger partial charge in [0.05, 0.1) is 16.6 Å². The SMILES string of the molecule is C[C@@H](O)CCNS(=O)(=O)c1ccc2c(c1)CN(C(=O)c1ccccc1O)CC2. The van der Waals surface area contributed by atoms with Crippen LogP contribution in [0.5, 0.6) is 5.75 Å². The molecule has 0 unspecified atom stereocenters. The van der Waals surface area contributed by atoms with Gasteiger partial charge in [0.15, 0.2) is 0 Å². The number of phenols is 1. The van der Waals surface area contributed by atoms with Gasteiger partial charge < -0.3 is 15.1 Å². The summed E-state index contributed by atoms with van der Waals surface area (Å²) in [6, 6.07) is 11.3. The van der Waals surface area contributed by atoms with Crippen molar-refractivity contribution in [1.29, 1.82) is 0 Å². The van der Waals surface area contributed by atoms with Gasteiger partial charge >= 0.3 is 0 Å². The normalized spacial score (nSPS) is 15.1. The van der Waals surface area contributed by atoms with Gasteiger partial charge in [0.2, 0.25) is 10.0 Å². The molecule has 7 nitrogen and oxygen atoms in total. The largest absolute Gasteiger partial charge is 0.507 e. The summed E-state index contributed by atoms with van der Waals surface area (Å²) in [5.41, 5.74) is 2.01. The van der Waals surface area contributed by atoms with Gasteiger partial charge in [0.25, 0.3) is 5.91 Å². The van der Waals surface area contributed by atoms with Crippen LogP contribution in [0.3, 0.4) is 0 Å². The Morgan fingerprint density at radius 1 is 1.21 bits per heavy atom. The summed E-state index contributed by atoms with van der Waals surface area (Å²) < 4.78 is 27.4. The van der Waals surface area contributed by atoms with E-state index >= 15 is 0 Å². The van der Waals surface area contributed by atoms with Crippen molar-refractivity contribution >= 4 is 15.9 Å². The first-order valence-electron chi connectivity index (χ1n) is 9.15. The molecular weight excluding hydrogens is 380 g/mol. The second-order valence-corrected chi connectivity index (χ2v) is 8.73. The number of sulfonamides is 1. The van der Waals surface area contributed by atoms with Gasteiger partial charge in [-0.15, -0.1) is 0 Å². The molecular formula is C20H24N2O5S. The number of carbonyl (C=O) groups is 1. The van der Waals surface area contributed by atoms with Crippen LogP contribution < -0.4 is 4.72 Å². The molecule has 0 saturated heterocycles. The number of nitrogens with zero attached hydrogens (tertiary/aromatic N) is 1. The molecule has 3 N–H and O–H groups in total. The van der Waals surface area contributed by atoms with E-state index in [2.05, 4.69) is 4.72 Å². The third-order valence-corrected chi connectivity index (χ3v) is 6.23. The maximum absolute atomic E-state index is 12.7. The van der Waals surface area contributed by atoms with E-state index in [1.807, 2.05) is 0 Å². The molecule has 1 atom stereocenters. The quantitative estimate of drug-likeness (QED) is 0.679. The van der Waals surface area contributed by atoms with Crippen molar-refractivity contribution in [3.05, 3.63) is 59.2 Å². The van der Waals surface area contributed by atoms with Crippen LogP contribution >= 0.6 is 0 Å². The summed E-state index contributed by atoms with van der Waals surface area (Å²) in [6.07, 6.45) is 0.359. The van der Waals surface area contributed by atoms with E-state index in [0.717, 1.165) is 11.1 Å². The minimum absolute atomic E-state index is 0.0723. The third-order valence-electron chi connectivity index (χ3n) is 4.78. The Morgan fingerprint density at radius 3 is 2.68 bits per heavy atom. The molecule has 0 fully saturated rings. The summed E-state index contributed by atoms with van der Waals surface area (Å²) >= 11 is 0. The highest BCUT2D eigenvalue weighted by Crippen LogP contribution is 2.25. The molecule has 2 aromatic rings. The van der Waals surface area contributed by atoms with E-state index in [0.29, 0.717) is 19.4 Å². The second kappa shape index (κ2) is 8.30. The highest BCUT2D eigenvalue weighted by molar-refractivity contribution is 7.89. The Bertz CT molecular complexity index is 972. The van der Waals surface area contributed by atoms with Crippen LogP contribution in [0.15, 0.2) is 47.4 Å². The number of aromatic hydroxyl groups is 1. The summed E-state index contributed by atoms with van der Waals surface area (Å²) in [6.45, 7) is 2.52. The lowest BCUT2D eigenvalue weighted by atomic mass is 9.99. The van der Waals surface area contributed by atoms with Crippen molar-refractivity contribution in [2.45, 2.75) is 37.3 Å². The number of benzene rings is 2. The fourth-order valence-corrected chi connectivity index (χ4v) is 4.28. The summed E-state index contributed by atoms with van der Waals surface area (Å²) in [5, 5.41) is 19.2. The molecule has 8 heteroatoms. The van der Waals surface area contributed by atoms with Crippen LogP contribution in [0.25, 0.3) is 0 Å². The Morgan fingerprint density at radius 2 is 1.96 bits per heavy atom. The average Bonchev–Trinajstić information content (AvgIpc) is 2.66. The Balaban J connectivity index is 1.78. The molecule has 1 amide bonds. The molecule has 1 aliphatic rings. The minimum atomic E-state index is -3.69. The number of rotatable bonds is 6. The molecule has 3 rings (SSSR count). The molecule has 0 spiro atoms. The van der Waals surface area contributed by atoms with E-state index in [9.17, 15) is 23.4 Å². The third kappa shape index (κ3) is 4.52. The van der Waals surface area contributed by atoms with Gasteiger partial charge in [0.1, 0.15) is 5.75 Å². The van der Waals surface area contributed by atoms with Crippen LogP contribution in [0, 0.1) is 0 Å². The maximum atomic E-state index is 12.7. The van der Waals surface area contributed by atoms with Crippen molar-refractivity contribution in [1.82, 2.24) is 9.62 Å². The topological polar surface area (TPSA) is 107 Å². The highest BCUT2D eigenvalue weighted by atomic mass is 32.2. The molecule has 0 bridgehead atoms. The summed E-state index contributed by atoms with van der Waals surface area (Å²) in [4.78, 5) is 14.5. The van der Waals surface area contributed by atoms with E-state index in [-0.39, 0.29) is 35.2 Å². The molecule has 0 saturated carbocycles. The molecule has 2 aromatic carbocycles. The minimum Gasteiger partial charge on any atom is -0.507 e. The van der Waals surface area contributed by atoms with Crippen molar-refractivity contribution in [2.24, 2.45) is 0 Å². The lowest BCUT2D eigenvalue weighted by Gasteiger charge is -2.29. The van der Waals surface area contributed by atoms with Crippen molar-refractivity contribution in [2.75, 3.05) is 13.1 Å². The van der Waals surface area contributed by atoms with Crippen LogP contribution in [0.1, 0.15) is 34.8 Å². The van der Waals surface area contributed by atoms with E-state index < -0.39 is 16.1 Å². The fraction of sp³-hybridized carbons (Fsp3) is 0.350. The number of aliphatic hydroxyl groups is 1. The number of nitrogens with one attached hydrogen (secondary N) is 1. The number of para-hydroxylation sites is 1. The zero-order valence-corrected chi connectivity index (χ0v) is 16.4. The Labute approximate surface area is 164 Å². The molecule has 0 aromatic heterocycles. The number of hydrogen-bond donors (Lipinski definition) is 3. The van der Waals surface area contributed by atoms with Gasteiger partial charge in [-0.2, -0.15) is 0 Å². The Hall–Kier alpha value is -2.42. The molecule has 1 heterocycles. The molecule has 28 heavy (non-hydrogen) atoms. The average molecular weight is 404 g/mol. The van der Waals surface area contributed by atoms with Gasteiger partial charge in [-0.3, -0.25) is 4.79 Å². The lowest BCUT2D eigenvalue weighted by molar-refractivity contribution is 0.0731. The number of aliphatic hydroxyl groups excluding tert-OH is 1. The van der Waals surface area contributed by atoms with Crippen molar-refractivity contribution in [3.63, 3.8) is 0 Å². The predicted molar refractivity (Wildman–Crippen MR) is 104 cm³/mol. The summed E-state index contributed by atoms with van der Waals surface area (Å²) in [5.74, 6) is -0.357. The molecule has 1 aliphatic heterocycles. The first kappa shape index (κ1) is 20.3. The molecule has 150 valence electrons. The second-order valence-electron chi connectivity index (χ2n) is 6.96. The van der Waals surface area contributed by atoms with Gasteiger partial charge in [-0.25, -0.2) is 13.1 Å². The van der Waals surface area contributed by atoms with E-state index in [1.54, 1.807) is 48.2 Å². The zero-order valence-electron chi connectivity index (χ0n) is 15.6. The Kier molecular flexibility index (Phi) is 6.02. The zero-order chi connectivity index (χ0) is 20.3. The first-order chi connectivity index (χ1) is 13.3. The highest BCUT2D eigenvalue weighted by Gasteiger charge is 2.25. The van der Waals surface area contributed by atoms with Gasteiger partial charge in [-0.05, 0) is 55.2 Å². The van der Waals surface area contributed by atoms with Crippen LogP contribution in [-0.2, 0) is 23.0 Å². The number of phenolic OH excluding ortho intramolecular Hbond substituents is 1. The predicted octanol–water partition coefficient (Wildman–Crippen LogP) is 1.64. The van der Waals surface area contributed by atoms with Crippen molar-refractivity contribution in [3.8, 4) is 5.75 Å². The smallest absolute Gasteiger partial charge is 0.257 e. The lowest BCUT2D eigenvalue weighted by Crippen LogP contribution is -2.36. The first-order valence-corrected chi connectivity index (χ1v) is 10.6. The van der Waals surface area contributed by atoms with Gasteiger partial charge in [0, 0.05) is 19.6 Å². The standard InChI is InChI=1S/C20H24N2O5S/c1-14(23)8-10-21-28(26,27)17-7-6-15-9-11-22(13-16(15)12-17)20(25)18-4-2-3-5-19(18)24/h2-7,12,14,21,23-24H,8-11,13H2,1H3/t14-/m1/s1. The van der Waals surface area contributed by atoms with E-state index in [4.69, 9.17) is 0 Å². The van der Waals surface area contributed by atoms with Crippen molar-refractivity contribution < 1.29 is 23.4 Å². The number of amides is 1. The van der Waals surface area contributed by atoms with Crippen LogP contribution in [-0.4, -0.2) is 48.6 Å². The number of fused-ring (bicyclic) bond motifs is 1. The number of hydrogen-bond acceptors (Lipinski definition) is 5. The number of carbonyl (C=O) groups excluding carboxylic acids is 1.